The van der Waals surface area contributed by atoms with Gasteiger partial charge in [0.15, 0.2) is 0 Å². The first-order valence-corrected chi connectivity index (χ1v) is 8.62. The second-order valence-electron chi connectivity index (χ2n) is 4.59. The summed E-state index contributed by atoms with van der Waals surface area (Å²) < 4.78 is 27.7. The normalized spacial score (nSPS) is 11.6. The van der Waals surface area contributed by atoms with Crippen LogP contribution in [0.15, 0.2) is 34.5 Å². The van der Waals surface area contributed by atoms with Crippen LogP contribution in [0, 0.1) is 13.8 Å². The zero-order valence-electron chi connectivity index (χ0n) is 11.7. The summed E-state index contributed by atoms with van der Waals surface area (Å²) in [6.45, 7) is 4.42. The molecule has 0 radical (unpaired) electrons. The molecule has 1 aromatic heterocycles. The molecule has 2 aromatic rings. The number of sulfonamides is 1. The lowest BCUT2D eigenvalue weighted by atomic mass is 10.1. The smallest absolute Gasteiger partial charge is 0.263 e. The first-order valence-electron chi connectivity index (χ1n) is 6.25. The van der Waals surface area contributed by atoms with E-state index in [0.717, 1.165) is 16.0 Å². The maximum atomic E-state index is 12.5. The molecule has 1 heterocycles. The minimum atomic E-state index is -3.54. The summed E-state index contributed by atoms with van der Waals surface area (Å²) in [6, 6.07) is 7.24. The monoisotopic (exact) mass is 310 g/mol. The number of benzene rings is 1. The molecule has 1 aromatic carbocycles. The summed E-state index contributed by atoms with van der Waals surface area (Å²) in [5.41, 5.74) is 2.64. The van der Waals surface area contributed by atoms with Crippen molar-refractivity contribution >= 4 is 27.0 Å². The molecule has 0 saturated heterocycles. The van der Waals surface area contributed by atoms with Crippen molar-refractivity contribution in [2.75, 3.05) is 11.8 Å². The molecular weight excluding hydrogens is 292 g/mol. The highest BCUT2D eigenvalue weighted by atomic mass is 32.2. The Morgan fingerprint density at radius 2 is 1.95 bits per heavy atom. The number of rotatable bonds is 5. The van der Waals surface area contributed by atoms with Gasteiger partial charge in [-0.1, -0.05) is 12.1 Å². The summed E-state index contributed by atoms with van der Waals surface area (Å²) in [5, 5.41) is 4.78. The quantitative estimate of drug-likeness (QED) is 0.893. The third-order valence-corrected chi connectivity index (χ3v) is 5.68. The molecule has 0 saturated carbocycles. The van der Waals surface area contributed by atoms with Crippen molar-refractivity contribution < 1.29 is 8.42 Å². The number of anilines is 1. The second kappa shape index (κ2) is 5.95. The summed E-state index contributed by atoms with van der Waals surface area (Å²) in [7, 11) is -1.74. The minimum Gasteiger partial charge on any atom is -0.315 e. The molecular formula is C14H18N2O2S2. The van der Waals surface area contributed by atoms with Gasteiger partial charge in [0.2, 0.25) is 0 Å². The fourth-order valence-electron chi connectivity index (χ4n) is 1.92. The fraction of sp³-hybridized carbons (Fsp3) is 0.286. The zero-order chi connectivity index (χ0) is 14.8. The van der Waals surface area contributed by atoms with Gasteiger partial charge in [0.05, 0.1) is 5.69 Å². The van der Waals surface area contributed by atoms with E-state index in [4.69, 9.17) is 0 Å². The Kier molecular flexibility index (Phi) is 4.47. The van der Waals surface area contributed by atoms with E-state index in [1.165, 1.54) is 11.3 Å². The number of aryl methyl sites for hydroxylation is 1. The molecule has 0 aliphatic rings. The van der Waals surface area contributed by atoms with E-state index in [2.05, 4.69) is 10.0 Å². The number of hydrogen-bond acceptors (Lipinski definition) is 4. The van der Waals surface area contributed by atoms with E-state index in [0.29, 0.717) is 17.1 Å². The Balaban J connectivity index is 2.36. The zero-order valence-corrected chi connectivity index (χ0v) is 13.4. The molecule has 0 aliphatic heterocycles. The Morgan fingerprint density at radius 3 is 2.65 bits per heavy atom. The second-order valence-corrected chi connectivity index (χ2v) is 7.24. The van der Waals surface area contributed by atoms with E-state index in [9.17, 15) is 8.42 Å². The fourth-order valence-corrected chi connectivity index (χ4v) is 4.50. The number of hydrogen-bond donors (Lipinski definition) is 2. The Bertz CT molecular complexity index is 706. The summed E-state index contributed by atoms with van der Waals surface area (Å²) in [6.07, 6.45) is 0. The van der Waals surface area contributed by atoms with Crippen molar-refractivity contribution in [3.63, 3.8) is 0 Å². The van der Waals surface area contributed by atoms with Crippen LogP contribution in [-0.2, 0) is 16.6 Å². The molecule has 0 atom stereocenters. The van der Waals surface area contributed by atoms with Gasteiger partial charge in [-0.3, -0.25) is 4.72 Å². The number of nitrogens with one attached hydrogen (secondary N) is 2. The summed E-state index contributed by atoms with van der Waals surface area (Å²) >= 11 is 1.44. The molecule has 0 bridgehead atoms. The molecule has 0 unspecified atom stereocenters. The van der Waals surface area contributed by atoms with Gasteiger partial charge in [0.25, 0.3) is 10.0 Å². The van der Waals surface area contributed by atoms with E-state index in [1.807, 2.05) is 26.0 Å². The van der Waals surface area contributed by atoms with Crippen molar-refractivity contribution in [3.8, 4) is 0 Å². The van der Waals surface area contributed by atoms with Crippen molar-refractivity contribution in [1.29, 1.82) is 0 Å². The van der Waals surface area contributed by atoms with E-state index in [-0.39, 0.29) is 0 Å². The first-order chi connectivity index (χ1) is 9.45. The van der Waals surface area contributed by atoms with Crippen LogP contribution < -0.4 is 10.0 Å². The van der Waals surface area contributed by atoms with Gasteiger partial charge in [0.1, 0.15) is 4.90 Å². The Morgan fingerprint density at radius 1 is 1.20 bits per heavy atom. The topological polar surface area (TPSA) is 58.2 Å². The minimum absolute atomic E-state index is 0.345. The number of thiophene rings is 1. The van der Waals surface area contributed by atoms with Gasteiger partial charge in [0, 0.05) is 11.4 Å². The lowest BCUT2D eigenvalue weighted by molar-refractivity contribution is 0.600. The van der Waals surface area contributed by atoms with Gasteiger partial charge in [-0.2, -0.15) is 0 Å². The summed E-state index contributed by atoms with van der Waals surface area (Å²) in [5.74, 6) is 0. The van der Waals surface area contributed by atoms with Gasteiger partial charge < -0.3 is 5.32 Å². The predicted molar refractivity (Wildman–Crippen MR) is 83.8 cm³/mol. The standard InChI is InChI=1S/C14H18N2O2S2/c1-10-5-4-6-12(11(10)2)16-20(17,18)14-7-8-19-13(14)9-15-3/h4-8,15-16H,9H2,1-3H3. The molecule has 6 heteroatoms. The molecule has 0 aliphatic carbocycles. The average molecular weight is 310 g/mol. The maximum Gasteiger partial charge on any atom is 0.263 e. The molecule has 2 rings (SSSR count). The molecule has 108 valence electrons. The van der Waals surface area contributed by atoms with Crippen molar-refractivity contribution in [3.05, 3.63) is 45.6 Å². The van der Waals surface area contributed by atoms with Crippen molar-refractivity contribution in [2.24, 2.45) is 0 Å². The van der Waals surface area contributed by atoms with Crippen LogP contribution >= 0.6 is 11.3 Å². The lowest BCUT2D eigenvalue weighted by Gasteiger charge is -2.12. The average Bonchev–Trinajstić information content (AvgIpc) is 2.84. The highest BCUT2D eigenvalue weighted by Crippen LogP contribution is 2.26. The van der Waals surface area contributed by atoms with Gasteiger partial charge in [-0.05, 0) is 49.5 Å². The predicted octanol–water partition coefficient (Wildman–Crippen LogP) is 2.89. The van der Waals surface area contributed by atoms with Crippen molar-refractivity contribution in [2.45, 2.75) is 25.3 Å². The Labute approximate surface area is 123 Å². The van der Waals surface area contributed by atoms with Crippen molar-refractivity contribution in [1.82, 2.24) is 5.32 Å². The molecule has 2 N–H and O–H groups in total. The third kappa shape index (κ3) is 3.03. The molecule has 0 amide bonds. The van der Waals surface area contributed by atoms with Crippen LogP contribution in [0.3, 0.4) is 0 Å². The van der Waals surface area contributed by atoms with E-state index >= 15 is 0 Å². The van der Waals surface area contributed by atoms with Gasteiger partial charge >= 0.3 is 0 Å². The SMILES string of the molecule is CNCc1sccc1S(=O)(=O)Nc1cccc(C)c1C. The third-order valence-electron chi connectivity index (χ3n) is 3.18. The Hall–Kier alpha value is -1.37. The molecule has 4 nitrogen and oxygen atoms in total. The van der Waals surface area contributed by atoms with E-state index in [1.54, 1.807) is 24.6 Å². The van der Waals surface area contributed by atoms with Crippen LogP contribution in [0.5, 0.6) is 0 Å². The molecule has 20 heavy (non-hydrogen) atoms. The van der Waals surface area contributed by atoms with Crippen LogP contribution in [0.2, 0.25) is 0 Å². The van der Waals surface area contributed by atoms with Crippen LogP contribution in [0.4, 0.5) is 5.69 Å². The molecule has 0 fully saturated rings. The van der Waals surface area contributed by atoms with E-state index < -0.39 is 10.0 Å². The maximum absolute atomic E-state index is 12.5. The van der Waals surface area contributed by atoms with Gasteiger partial charge in [-0.25, -0.2) is 8.42 Å². The van der Waals surface area contributed by atoms with Crippen LogP contribution in [0.25, 0.3) is 0 Å². The lowest BCUT2D eigenvalue weighted by Crippen LogP contribution is -2.16. The van der Waals surface area contributed by atoms with Crippen LogP contribution in [-0.4, -0.2) is 15.5 Å². The highest BCUT2D eigenvalue weighted by Gasteiger charge is 2.20. The van der Waals surface area contributed by atoms with Gasteiger partial charge in [-0.15, -0.1) is 11.3 Å². The summed E-state index contributed by atoms with van der Waals surface area (Å²) in [4.78, 5) is 1.16. The first kappa shape index (κ1) is 15.0. The highest BCUT2D eigenvalue weighted by molar-refractivity contribution is 7.93. The van der Waals surface area contributed by atoms with Crippen LogP contribution in [0.1, 0.15) is 16.0 Å². The largest absolute Gasteiger partial charge is 0.315 e. The molecule has 0 spiro atoms.